The number of methoxy groups -OCH3 is 1. The second kappa shape index (κ2) is 7.92. The van der Waals surface area contributed by atoms with Gasteiger partial charge >= 0.3 is 11.8 Å². The molecule has 24 heavy (non-hydrogen) atoms. The van der Waals surface area contributed by atoms with Crippen LogP contribution in [0.1, 0.15) is 29.9 Å². The van der Waals surface area contributed by atoms with Gasteiger partial charge in [-0.1, -0.05) is 5.16 Å². The number of aromatic nitrogens is 2. The van der Waals surface area contributed by atoms with Crippen LogP contribution in [0.4, 0.5) is 5.69 Å². The fourth-order valence-corrected chi connectivity index (χ4v) is 2.75. The maximum atomic E-state index is 11.9. The van der Waals surface area contributed by atoms with Gasteiger partial charge in [0.1, 0.15) is 0 Å². The molecule has 0 bridgehead atoms. The molecule has 2 heterocycles. The van der Waals surface area contributed by atoms with Gasteiger partial charge in [0.05, 0.1) is 6.61 Å². The number of carbonyl (C=O) groups excluding carboxylic acids is 1. The molecule has 7 heteroatoms. The van der Waals surface area contributed by atoms with Gasteiger partial charge in [-0.25, -0.2) is 0 Å². The summed E-state index contributed by atoms with van der Waals surface area (Å²) in [5.41, 5.74) is 2.04. The fraction of sp³-hybridized carbons (Fsp3) is 0.471. The molecule has 3 rings (SSSR count). The van der Waals surface area contributed by atoms with Crippen LogP contribution in [0.3, 0.4) is 0 Å². The predicted molar refractivity (Wildman–Crippen MR) is 90.0 cm³/mol. The van der Waals surface area contributed by atoms with Crippen LogP contribution < -0.4 is 10.2 Å². The highest BCUT2D eigenvalue weighted by Crippen LogP contribution is 2.23. The number of rotatable bonds is 6. The van der Waals surface area contributed by atoms with E-state index in [4.69, 9.17) is 9.26 Å². The SMILES string of the molecule is COCCNC(=O)c1nc(-c2ccc(N3CCCCC3)cc2)no1. The average molecular weight is 330 g/mol. The van der Waals surface area contributed by atoms with Crippen LogP contribution in [-0.2, 0) is 4.74 Å². The number of carbonyl (C=O) groups is 1. The largest absolute Gasteiger partial charge is 0.383 e. The normalized spacial score (nSPS) is 14.6. The highest BCUT2D eigenvalue weighted by molar-refractivity contribution is 5.89. The van der Waals surface area contributed by atoms with E-state index >= 15 is 0 Å². The van der Waals surface area contributed by atoms with Gasteiger partial charge in [-0.05, 0) is 43.5 Å². The van der Waals surface area contributed by atoms with Gasteiger partial charge in [-0.2, -0.15) is 4.98 Å². The Morgan fingerprint density at radius 2 is 2.00 bits per heavy atom. The molecule has 0 aliphatic carbocycles. The van der Waals surface area contributed by atoms with E-state index in [-0.39, 0.29) is 5.89 Å². The van der Waals surface area contributed by atoms with Gasteiger partial charge in [0.25, 0.3) is 0 Å². The molecule has 1 aliphatic heterocycles. The number of benzene rings is 1. The number of nitrogens with zero attached hydrogens (tertiary/aromatic N) is 3. The lowest BCUT2D eigenvalue weighted by Gasteiger charge is -2.28. The maximum absolute atomic E-state index is 11.9. The second-order valence-electron chi connectivity index (χ2n) is 5.77. The molecule has 2 aromatic rings. The summed E-state index contributed by atoms with van der Waals surface area (Å²) in [5.74, 6) is -0.0194. The quantitative estimate of drug-likeness (QED) is 0.817. The summed E-state index contributed by atoms with van der Waals surface area (Å²) < 4.78 is 9.91. The van der Waals surface area contributed by atoms with E-state index in [0.29, 0.717) is 19.0 Å². The van der Waals surface area contributed by atoms with Crippen molar-refractivity contribution in [3.8, 4) is 11.4 Å². The van der Waals surface area contributed by atoms with E-state index in [1.54, 1.807) is 7.11 Å². The van der Waals surface area contributed by atoms with E-state index < -0.39 is 5.91 Å². The van der Waals surface area contributed by atoms with Crippen LogP contribution in [0.15, 0.2) is 28.8 Å². The topological polar surface area (TPSA) is 80.5 Å². The van der Waals surface area contributed by atoms with Crippen molar-refractivity contribution < 1.29 is 14.1 Å². The van der Waals surface area contributed by atoms with Crippen molar-refractivity contribution in [2.24, 2.45) is 0 Å². The van der Waals surface area contributed by atoms with Crippen molar-refractivity contribution in [1.82, 2.24) is 15.5 Å². The molecule has 1 fully saturated rings. The lowest BCUT2D eigenvalue weighted by Crippen LogP contribution is -2.29. The van der Waals surface area contributed by atoms with Crippen LogP contribution in [0.5, 0.6) is 0 Å². The molecule has 0 atom stereocenters. The number of hydrogen-bond acceptors (Lipinski definition) is 6. The summed E-state index contributed by atoms with van der Waals surface area (Å²) in [4.78, 5) is 18.4. The predicted octanol–water partition coefficient (Wildman–Crippen LogP) is 2.10. The first-order valence-electron chi connectivity index (χ1n) is 8.24. The molecule has 1 aromatic heterocycles. The van der Waals surface area contributed by atoms with Gasteiger partial charge in [-0.3, -0.25) is 4.79 Å². The van der Waals surface area contributed by atoms with E-state index in [0.717, 1.165) is 18.7 Å². The molecule has 1 amide bonds. The zero-order valence-electron chi connectivity index (χ0n) is 13.8. The monoisotopic (exact) mass is 330 g/mol. The molecule has 1 N–H and O–H groups in total. The van der Waals surface area contributed by atoms with Crippen molar-refractivity contribution in [3.05, 3.63) is 30.2 Å². The molecule has 7 nitrogen and oxygen atoms in total. The standard InChI is InChI=1S/C17H22N4O3/c1-23-12-9-18-16(22)17-19-15(20-24-17)13-5-7-14(8-6-13)21-10-3-2-4-11-21/h5-8H,2-4,9-12H2,1H3,(H,18,22). The summed E-state index contributed by atoms with van der Waals surface area (Å²) in [7, 11) is 1.57. The lowest BCUT2D eigenvalue weighted by atomic mass is 10.1. The summed E-state index contributed by atoms with van der Waals surface area (Å²) in [6.45, 7) is 3.04. The first-order valence-corrected chi connectivity index (χ1v) is 8.24. The van der Waals surface area contributed by atoms with Gasteiger partial charge in [-0.15, -0.1) is 0 Å². The van der Waals surface area contributed by atoms with E-state index in [9.17, 15) is 4.79 Å². The van der Waals surface area contributed by atoms with Crippen LogP contribution >= 0.6 is 0 Å². The van der Waals surface area contributed by atoms with Crippen molar-refractivity contribution in [3.63, 3.8) is 0 Å². The fourth-order valence-electron chi connectivity index (χ4n) is 2.75. The van der Waals surface area contributed by atoms with E-state index in [1.807, 2.05) is 12.1 Å². The highest BCUT2D eigenvalue weighted by Gasteiger charge is 2.16. The van der Waals surface area contributed by atoms with E-state index in [2.05, 4.69) is 32.5 Å². The zero-order valence-corrected chi connectivity index (χ0v) is 13.8. The van der Waals surface area contributed by atoms with Gasteiger partial charge < -0.3 is 19.5 Å². The number of nitrogens with one attached hydrogen (secondary N) is 1. The first-order chi connectivity index (χ1) is 11.8. The van der Waals surface area contributed by atoms with Gasteiger partial charge in [0.15, 0.2) is 0 Å². The van der Waals surface area contributed by atoms with Crippen molar-refractivity contribution in [2.75, 3.05) is 38.3 Å². The van der Waals surface area contributed by atoms with Crippen molar-refractivity contribution in [2.45, 2.75) is 19.3 Å². The molecular formula is C17H22N4O3. The smallest absolute Gasteiger partial charge is 0.316 e. The van der Waals surface area contributed by atoms with Crippen LogP contribution in [0.2, 0.25) is 0 Å². The summed E-state index contributed by atoms with van der Waals surface area (Å²) >= 11 is 0. The number of piperidine rings is 1. The molecule has 1 aliphatic rings. The molecule has 0 unspecified atom stereocenters. The number of anilines is 1. The summed E-state index contributed by atoms with van der Waals surface area (Å²) in [5, 5.41) is 6.54. The van der Waals surface area contributed by atoms with Crippen molar-refractivity contribution in [1.29, 1.82) is 0 Å². The summed E-state index contributed by atoms with van der Waals surface area (Å²) in [6, 6.07) is 8.05. The maximum Gasteiger partial charge on any atom is 0.316 e. The second-order valence-corrected chi connectivity index (χ2v) is 5.77. The van der Waals surface area contributed by atoms with Crippen molar-refractivity contribution >= 4 is 11.6 Å². The van der Waals surface area contributed by atoms with Gasteiger partial charge in [0.2, 0.25) is 5.82 Å². The molecule has 0 saturated carbocycles. The van der Waals surface area contributed by atoms with E-state index in [1.165, 1.54) is 24.9 Å². The van der Waals surface area contributed by atoms with Crippen LogP contribution in [0.25, 0.3) is 11.4 Å². The Morgan fingerprint density at radius 1 is 1.25 bits per heavy atom. The Kier molecular flexibility index (Phi) is 5.43. The molecule has 128 valence electrons. The number of ether oxygens (including phenoxy) is 1. The molecule has 1 saturated heterocycles. The lowest BCUT2D eigenvalue weighted by molar-refractivity contribution is 0.0893. The Morgan fingerprint density at radius 3 is 2.71 bits per heavy atom. The minimum atomic E-state index is -0.393. The molecule has 0 spiro atoms. The van der Waals surface area contributed by atoms with Crippen LogP contribution in [-0.4, -0.2) is 49.4 Å². The number of amides is 1. The molecule has 0 radical (unpaired) electrons. The molecular weight excluding hydrogens is 308 g/mol. The van der Waals surface area contributed by atoms with Crippen LogP contribution in [0, 0.1) is 0 Å². The number of hydrogen-bond donors (Lipinski definition) is 1. The third kappa shape index (κ3) is 3.91. The third-order valence-corrected chi connectivity index (χ3v) is 4.06. The highest BCUT2D eigenvalue weighted by atomic mass is 16.5. The Hall–Kier alpha value is -2.41. The van der Waals surface area contributed by atoms with Gasteiger partial charge in [0, 0.05) is 38.0 Å². The first kappa shape index (κ1) is 16.4. The zero-order chi connectivity index (χ0) is 16.8. The Bertz CT molecular complexity index is 663. The minimum absolute atomic E-state index is 0.0405. The Balaban J connectivity index is 1.65. The molecule has 1 aromatic carbocycles. The minimum Gasteiger partial charge on any atom is -0.383 e. The third-order valence-electron chi connectivity index (χ3n) is 4.06. The Labute approximate surface area is 141 Å². The summed E-state index contributed by atoms with van der Waals surface area (Å²) in [6.07, 6.45) is 3.80. The average Bonchev–Trinajstić information content (AvgIpc) is 3.13.